The van der Waals surface area contributed by atoms with Crippen molar-refractivity contribution < 1.29 is 18.4 Å². The largest absolute Gasteiger partial charge is 0.493 e. The first-order valence-corrected chi connectivity index (χ1v) is 10.3. The van der Waals surface area contributed by atoms with Gasteiger partial charge in [-0.05, 0) is 24.3 Å². The van der Waals surface area contributed by atoms with Gasteiger partial charge in [0, 0.05) is 10.0 Å². The minimum atomic E-state index is 0.430. The Morgan fingerprint density at radius 1 is 1.07 bits per heavy atom. The van der Waals surface area contributed by atoms with Crippen LogP contribution >= 0.6 is 27.7 Å². The highest BCUT2D eigenvalue weighted by Gasteiger charge is 2.17. The SMILES string of the molecule is COc1cccc(-c2noc(CSc3ncc(-c4ccc(Br)cc4)o3)n2)c1OC. The molecule has 148 valence electrons. The van der Waals surface area contributed by atoms with Crippen LogP contribution in [-0.4, -0.2) is 29.3 Å². The van der Waals surface area contributed by atoms with Gasteiger partial charge in [-0.2, -0.15) is 4.98 Å². The lowest BCUT2D eigenvalue weighted by Gasteiger charge is -2.09. The zero-order chi connectivity index (χ0) is 20.2. The molecular weight excluding hydrogens is 458 g/mol. The van der Waals surface area contributed by atoms with E-state index in [-0.39, 0.29) is 0 Å². The van der Waals surface area contributed by atoms with Gasteiger partial charge in [-0.1, -0.05) is 51.0 Å². The highest BCUT2D eigenvalue weighted by atomic mass is 79.9. The normalized spacial score (nSPS) is 10.9. The molecule has 0 saturated heterocycles. The van der Waals surface area contributed by atoms with E-state index in [0.717, 1.165) is 10.0 Å². The number of halogens is 1. The predicted octanol–water partition coefficient (Wildman–Crippen LogP) is 5.46. The number of aromatic nitrogens is 3. The third-order valence-electron chi connectivity index (χ3n) is 4.04. The second-order valence-corrected chi connectivity index (χ2v) is 7.68. The van der Waals surface area contributed by atoms with Gasteiger partial charge in [-0.25, -0.2) is 4.98 Å². The summed E-state index contributed by atoms with van der Waals surface area (Å²) in [4.78, 5) is 8.75. The summed E-state index contributed by atoms with van der Waals surface area (Å²) in [6.07, 6.45) is 1.70. The summed E-state index contributed by atoms with van der Waals surface area (Å²) in [5.74, 6) is 3.18. The maximum atomic E-state index is 5.80. The fourth-order valence-electron chi connectivity index (χ4n) is 2.68. The molecule has 0 radical (unpaired) electrons. The van der Waals surface area contributed by atoms with Crippen LogP contribution in [-0.2, 0) is 5.75 Å². The van der Waals surface area contributed by atoms with Gasteiger partial charge in [0.25, 0.3) is 5.22 Å². The maximum Gasteiger partial charge on any atom is 0.256 e. The van der Waals surface area contributed by atoms with Crippen LogP contribution in [0.3, 0.4) is 0 Å². The van der Waals surface area contributed by atoms with Crippen molar-refractivity contribution in [1.82, 2.24) is 15.1 Å². The monoisotopic (exact) mass is 473 g/mol. The fraction of sp³-hybridized carbons (Fsp3) is 0.150. The second kappa shape index (κ2) is 8.71. The number of methoxy groups -OCH3 is 2. The van der Waals surface area contributed by atoms with Crippen molar-refractivity contribution in [2.24, 2.45) is 0 Å². The van der Waals surface area contributed by atoms with Crippen molar-refractivity contribution in [1.29, 1.82) is 0 Å². The van der Waals surface area contributed by atoms with Crippen molar-refractivity contribution >= 4 is 27.7 Å². The van der Waals surface area contributed by atoms with Crippen LogP contribution in [0.25, 0.3) is 22.7 Å². The third-order valence-corrected chi connectivity index (χ3v) is 5.40. The Morgan fingerprint density at radius 3 is 2.66 bits per heavy atom. The molecule has 7 nitrogen and oxygen atoms in total. The Labute approximate surface area is 179 Å². The van der Waals surface area contributed by atoms with E-state index in [9.17, 15) is 0 Å². The van der Waals surface area contributed by atoms with E-state index in [4.69, 9.17) is 18.4 Å². The van der Waals surface area contributed by atoms with Crippen LogP contribution in [0.2, 0.25) is 0 Å². The topological polar surface area (TPSA) is 83.4 Å². The van der Waals surface area contributed by atoms with Crippen molar-refractivity contribution in [3.8, 4) is 34.2 Å². The minimum absolute atomic E-state index is 0.430. The molecule has 0 aliphatic carbocycles. The molecule has 0 saturated carbocycles. The van der Waals surface area contributed by atoms with E-state index in [2.05, 4.69) is 31.1 Å². The maximum absolute atomic E-state index is 5.80. The predicted molar refractivity (Wildman–Crippen MR) is 112 cm³/mol. The molecule has 2 aromatic carbocycles. The highest BCUT2D eigenvalue weighted by Crippen LogP contribution is 2.36. The molecule has 2 heterocycles. The van der Waals surface area contributed by atoms with Gasteiger partial charge in [0.1, 0.15) is 0 Å². The van der Waals surface area contributed by atoms with Gasteiger partial charge in [-0.3, -0.25) is 0 Å². The van der Waals surface area contributed by atoms with E-state index in [0.29, 0.717) is 45.5 Å². The molecule has 0 amide bonds. The van der Waals surface area contributed by atoms with Gasteiger partial charge in [0.05, 0.1) is 31.7 Å². The molecule has 0 unspecified atom stereocenters. The Bertz CT molecular complexity index is 1110. The number of nitrogens with zero attached hydrogens (tertiary/aromatic N) is 3. The minimum Gasteiger partial charge on any atom is -0.493 e. The third kappa shape index (κ3) is 4.30. The number of benzene rings is 2. The molecule has 0 spiro atoms. The number of oxazole rings is 1. The van der Waals surface area contributed by atoms with Crippen molar-refractivity contribution in [2.45, 2.75) is 11.0 Å². The zero-order valence-corrected chi connectivity index (χ0v) is 18.0. The molecule has 4 aromatic rings. The van der Waals surface area contributed by atoms with Gasteiger partial charge < -0.3 is 18.4 Å². The molecule has 0 fully saturated rings. The molecule has 0 atom stereocenters. The van der Waals surface area contributed by atoms with Crippen LogP contribution in [0.1, 0.15) is 5.89 Å². The van der Waals surface area contributed by atoms with Gasteiger partial charge in [0.15, 0.2) is 17.3 Å². The van der Waals surface area contributed by atoms with Crippen LogP contribution in [0.5, 0.6) is 11.5 Å². The Hall–Kier alpha value is -2.78. The van der Waals surface area contributed by atoms with Gasteiger partial charge in [0.2, 0.25) is 11.7 Å². The Balaban J connectivity index is 1.46. The van der Waals surface area contributed by atoms with E-state index < -0.39 is 0 Å². The van der Waals surface area contributed by atoms with Gasteiger partial charge in [-0.15, -0.1) is 0 Å². The summed E-state index contributed by atoms with van der Waals surface area (Å²) in [6.45, 7) is 0. The van der Waals surface area contributed by atoms with Crippen molar-refractivity contribution in [3.63, 3.8) is 0 Å². The molecule has 4 rings (SSSR count). The first-order chi connectivity index (χ1) is 14.2. The number of hydrogen-bond donors (Lipinski definition) is 0. The van der Waals surface area contributed by atoms with Crippen LogP contribution in [0.15, 0.2) is 67.3 Å². The molecule has 0 N–H and O–H groups in total. The summed E-state index contributed by atoms with van der Waals surface area (Å²) >= 11 is 4.80. The smallest absolute Gasteiger partial charge is 0.256 e. The summed E-state index contributed by atoms with van der Waals surface area (Å²) in [5.41, 5.74) is 1.65. The number of ether oxygens (including phenoxy) is 2. The first-order valence-electron chi connectivity index (χ1n) is 8.56. The van der Waals surface area contributed by atoms with Crippen LogP contribution in [0, 0.1) is 0 Å². The number of hydrogen-bond acceptors (Lipinski definition) is 8. The summed E-state index contributed by atoms with van der Waals surface area (Å²) in [7, 11) is 3.16. The Morgan fingerprint density at radius 2 is 1.90 bits per heavy atom. The summed E-state index contributed by atoms with van der Waals surface area (Å²) < 4.78 is 22.9. The lowest BCUT2D eigenvalue weighted by Crippen LogP contribution is -1.94. The molecule has 0 bridgehead atoms. The van der Waals surface area contributed by atoms with Crippen molar-refractivity contribution in [3.05, 3.63) is 59.0 Å². The zero-order valence-electron chi connectivity index (χ0n) is 15.6. The lowest BCUT2D eigenvalue weighted by molar-refractivity contribution is 0.355. The van der Waals surface area contributed by atoms with Crippen LogP contribution < -0.4 is 9.47 Å². The summed E-state index contributed by atoms with van der Waals surface area (Å²) in [6, 6.07) is 13.3. The molecule has 9 heteroatoms. The van der Waals surface area contributed by atoms with E-state index in [1.54, 1.807) is 20.4 Å². The average Bonchev–Trinajstić information content (AvgIpc) is 3.42. The number of rotatable bonds is 7. The molecular formula is C20H16BrN3O4S. The Kier molecular flexibility index (Phi) is 5.86. The molecule has 2 aromatic heterocycles. The summed E-state index contributed by atoms with van der Waals surface area (Å²) in [5, 5.41) is 4.58. The number of thioether (sulfide) groups is 1. The number of para-hydroxylation sites is 1. The molecule has 29 heavy (non-hydrogen) atoms. The van der Waals surface area contributed by atoms with E-state index in [1.807, 2.05) is 42.5 Å². The standard InChI is InChI=1S/C20H16BrN3O4S/c1-25-15-5-3-4-14(18(15)26-2)19-23-17(28-24-19)11-29-20-22-10-16(27-20)12-6-8-13(21)9-7-12/h3-10H,11H2,1-2H3. The quantitative estimate of drug-likeness (QED) is 0.327. The van der Waals surface area contributed by atoms with Crippen molar-refractivity contribution in [2.75, 3.05) is 14.2 Å². The van der Waals surface area contributed by atoms with Gasteiger partial charge >= 0.3 is 0 Å². The lowest BCUT2D eigenvalue weighted by atomic mass is 10.2. The first kappa shape index (κ1) is 19.5. The highest BCUT2D eigenvalue weighted by molar-refractivity contribution is 9.10. The molecule has 0 aliphatic rings. The second-order valence-electron chi connectivity index (χ2n) is 5.84. The molecule has 0 aliphatic heterocycles. The average molecular weight is 474 g/mol. The van der Waals surface area contributed by atoms with E-state index in [1.165, 1.54) is 11.8 Å². The van der Waals surface area contributed by atoms with Crippen LogP contribution in [0.4, 0.5) is 0 Å². The fourth-order valence-corrected chi connectivity index (χ4v) is 3.59. The van der Waals surface area contributed by atoms with E-state index >= 15 is 0 Å².